The first-order valence-corrected chi connectivity index (χ1v) is 12.4. The predicted molar refractivity (Wildman–Crippen MR) is 133 cm³/mol. The van der Waals surface area contributed by atoms with Crippen molar-refractivity contribution in [3.05, 3.63) is 70.8 Å². The molecule has 2 atom stereocenters. The Bertz CT molecular complexity index is 980. The van der Waals surface area contributed by atoms with Gasteiger partial charge < -0.3 is 20.5 Å². The van der Waals surface area contributed by atoms with Crippen LogP contribution >= 0.6 is 0 Å². The predicted octanol–water partition coefficient (Wildman–Crippen LogP) is 5.34. The summed E-state index contributed by atoms with van der Waals surface area (Å²) in [6.07, 6.45) is 2.39. The minimum atomic E-state index is -1.08. The number of carbonyl (C=O) groups is 1. The molecule has 0 bridgehead atoms. The zero-order valence-corrected chi connectivity index (χ0v) is 21.2. The third kappa shape index (κ3) is 7.24. The van der Waals surface area contributed by atoms with Gasteiger partial charge in [0.15, 0.2) is 0 Å². The summed E-state index contributed by atoms with van der Waals surface area (Å²) in [5, 5.41) is 17.1. The van der Waals surface area contributed by atoms with Crippen molar-refractivity contribution in [2.45, 2.75) is 82.5 Å². The van der Waals surface area contributed by atoms with Gasteiger partial charge in [0.05, 0.1) is 0 Å². The van der Waals surface area contributed by atoms with E-state index >= 15 is 0 Å². The number of amides is 1. The summed E-state index contributed by atoms with van der Waals surface area (Å²) in [7, 11) is 1.42. The molecule has 1 aliphatic rings. The minimum Gasteiger partial charge on any atom is -0.443 e. The molecule has 0 saturated heterocycles. The monoisotopic (exact) mass is 488 g/mol. The van der Waals surface area contributed by atoms with Crippen molar-refractivity contribution in [2.24, 2.45) is 0 Å². The van der Waals surface area contributed by atoms with Gasteiger partial charge in [-0.25, -0.2) is 13.6 Å². The normalized spacial score (nSPS) is 17.5. The largest absolute Gasteiger partial charge is 0.443 e. The van der Waals surface area contributed by atoms with Gasteiger partial charge in [0.2, 0.25) is 0 Å². The van der Waals surface area contributed by atoms with Crippen LogP contribution in [0.15, 0.2) is 42.5 Å². The molecule has 1 fully saturated rings. The molecule has 3 rings (SSSR count). The second-order valence-electron chi connectivity index (χ2n) is 10.6. The zero-order chi connectivity index (χ0) is 25.6. The van der Waals surface area contributed by atoms with Crippen molar-refractivity contribution in [2.75, 3.05) is 13.6 Å². The average molecular weight is 489 g/mol. The Labute approximate surface area is 207 Å². The lowest BCUT2D eigenvalue weighted by molar-refractivity contribution is -0.000966. The van der Waals surface area contributed by atoms with Crippen LogP contribution in [0.25, 0.3) is 0 Å². The first-order chi connectivity index (χ1) is 16.5. The van der Waals surface area contributed by atoms with E-state index in [1.54, 1.807) is 0 Å². The second kappa shape index (κ2) is 11.5. The molecular weight excluding hydrogens is 450 g/mol. The van der Waals surface area contributed by atoms with E-state index in [0.29, 0.717) is 5.56 Å². The van der Waals surface area contributed by atoms with Gasteiger partial charge in [-0.2, -0.15) is 0 Å². The average Bonchev–Trinajstić information content (AvgIpc) is 2.81. The van der Waals surface area contributed by atoms with E-state index in [0.717, 1.165) is 31.7 Å². The van der Waals surface area contributed by atoms with Crippen LogP contribution in [0, 0.1) is 11.6 Å². The number of hydrogen-bond donors (Lipinski definition) is 3. The van der Waals surface area contributed by atoms with Crippen molar-refractivity contribution in [1.29, 1.82) is 0 Å². The summed E-state index contributed by atoms with van der Waals surface area (Å²) in [4.78, 5) is 12.0. The quantitative estimate of drug-likeness (QED) is 0.469. The molecule has 0 aromatic heterocycles. The summed E-state index contributed by atoms with van der Waals surface area (Å²) < 4.78 is 32.8. The van der Waals surface area contributed by atoms with E-state index in [4.69, 9.17) is 4.74 Å². The first kappa shape index (κ1) is 27.1. The van der Waals surface area contributed by atoms with Gasteiger partial charge in [0.1, 0.15) is 23.8 Å². The molecular formula is C28H38F2N2O3. The fourth-order valence-corrected chi connectivity index (χ4v) is 4.85. The summed E-state index contributed by atoms with van der Waals surface area (Å²) in [5.41, 5.74) is 2.45. The molecule has 2 aromatic rings. The number of aliphatic hydroxyl groups excluding tert-OH is 1. The Kier molecular flexibility index (Phi) is 8.89. The highest BCUT2D eigenvalue weighted by molar-refractivity contribution is 5.67. The highest BCUT2D eigenvalue weighted by Crippen LogP contribution is 2.38. The lowest BCUT2D eigenvalue weighted by atomic mass is 9.74. The van der Waals surface area contributed by atoms with Gasteiger partial charge in [0, 0.05) is 31.6 Å². The Morgan fingerprint density at radius 1 is 1.09 bits per heavy atom. The van der Waals surface area contributed by atoms with Crippen molar-refractivity contribution < 1.29 is 23.4 Å². The number of aliphatic hydroxyl groups is 1. The standard InChI is InChI=1S/C28H38F2N2O3/c1-27(2,3)20-9-8-10-21(16-20)28(11-6-5-7-12-28)32-18-24(33)25(35-26(34)31-4)15-19-13-22(29)17-23(30)14-19/h8-10,13-14,16-17,24-25,32-33H,5-7,11-12,15,18H2,1-4H3,(H,31,34)/t24-,25?/m1/s1. The van der Waals surface area contributed by atoms with Gasteiger partial charge >= 0.3 is 6.09 Å². The van der Waals surface area contributed by atoms with Gasteiger partial charge in [-0.05, 0) is 47.1 Å². The SMILES string of the molecule is CNC(=O)OC(Cc1cc(F)cc(F)c1)[C@H](O)CNC1(c2cccc(C(C)(C)C)c2)CCCCC1. The smallest absolute Gasteiger partial charge is 0.407 e. The number of benzene rings is 2. The fraction of sp³-hybridized carbons (Fsp3) is 0.536. The zero-order valence-electron chi connectivity index (χ0n) is 21.2. The highest BCUT2D eigenvalue weighted by atomic mass is 19.1. The van der Waals surface area contributed by atoms with Gasteiger partial charge in [-0.1, -0.05) is 64.3 Å². The van der Waals surface area contributed by atoms with Crippen molar-refractivity contribution in [3.8, 4) is 0 Å². The van der Waals surface area contributed by atoms with Crippen LogP contribution in [0.3, 0.4) is 0 Å². The Balaban J connectivity index is 1.82. The molecule has 35 heavy (non-hydrogen) atoms. The van der Waals surface area contributed by atoms with Crippen LogP contribution in [0.1, 0.15) is 69.6 Å². The maximum atomic E-state index is 13.7. The maximum Gasteiger partial charge on any atom is 0.407 e. The summed E-state index contributed by atoms with van der Waals surface area (Å²) >= 11 is 0. The van der Waals surface area contributed by atoms with Gasteiger partial charge in [-0.15, -0.1) is 0 Å². The van der Waals surface area contributed by atoms with Gasteiger partial charge in [0.25, 0.3) is 0 Å². The lowest BCUT2D eigenvalue weighted by Crippen LogP contribution is -2.50. The maximum absolute atomic E-state index is 13.7. The fourth-order valence-electron chi connectivity index (χ4n) is 4.85. The van der Waals surface area contributed by atoms with Crippen LogP contribution in [0.4, 0.5) is 13.6 Å². The Morgan fingerprint density at radius 2 is 1.74 bits per heavy atom. The molecule has 5 nitrogen and oxygen atoms in total. The lowest BCUT2D eigenvalue weighted by Gasteiger charge is -2.40. The number of carbonyl (C=O) groups excluding carboxylic acids is 1. The van der Waals surface area contributed by atoms with Crippen LogP contribution < -0.4 is 10.6 Å². The van der Waals surface area contributed by atoms with E-state index < -0.39 is 29.9 Å². The molecule has 0 spiro atoms. The number of ether oxygens (including phenoxy) is 1. The number of nitrogens with one attached hydrogen (secondary N) is 2. The molecule has 1 unspecified atom stereocenters. The van der Waals surface area contributed by atoms with Crippen molar-refractivity contribution >= 4 is 6.09 Å². The van der Waals surface area contributed by atoms with Crippen LogP contribution in [0.5, 0.6) is 0 Å². The molecule has 1 aliphatic carbocycles. The molecule has 2 aromatic carbocycles. The number of hydrogen-bond acceptors (Lipinski definition) is 4. The third-order valence-electron chi connectivity index (χ3n) is 6.89. The van der Waals surface area contributed by atoms with Crippen LogP contribution in [-0.4, -0.2) is 37.0 Å². The molecule has 0 radical (unpaired) electrons. The number of alkyl carbamates (subject to hydrolysis) is 1. The molecule has 7 heteroatoms. The molecule has 192 valence electrons. The molecule has 1 saturated carbocycles. The summed E-state index contributed by atoms with van der Waals surface area (Å²) in [6.45, 7) is 6.73. The minimum absolute atomic E-state index is 0.0120. The van der Waals surface area contributed by atoms with E-state index in [1.807, 2.05) is 0 Å². The summed E-state index contributed by atoms with van der Waals surface area (Å²) in [5.74, 6) is -1.43. The first-order valence-electron chi connectivity index (χ1n) is 12.4. The number of rotatable bonds is 8. The third-order valence-corrected chi connectivity index (χ3v) is 6.89. The second-order valence-corrected chi connectivity index (χ2v) is 10.6. The van der Waals surface area contributed by atoms with E-state index in [-0.39, 0.29) is 23.9 Å². The van der Waals surface area contributed by atoms with E-state index in [1.165, 1.54) is 36.7 Å². The topological polar surface area (TPSA) is 70.6 Å². The molecule has 0 aliphatic heterocycles. The Morgan fingerprint density at radius 3 is 2.34 bits per heavy atom. The number of halogens is 2. The molecule has 1 amide bonds. The molecule has 3 N–H and O–H groups in total. The van der Waals surface area contributed by atoms with Crippen molar-refractivity contribution in [1.82, 2.24) is 10.6 Å². The summed E-state index contributed by atoms with van der Waals surface area (Å²) in [6, 6.07) is 11.8. The molecule has 0 heterocycles. The van der Waals surface area contributed by atoms with E-state index in [9.17, 15) is 18.7 Å². The van der Waals surface area contributed by atoms with Gasteiger partial charge in [-0.3, -0.25) is 0 Å². The van der Waals surface area contributed by atoms with E-state index in [2.05, 4.69) is 55.7 Å². The van der Waals surface area contributed by atoms with Crippen molar-refractivity contribution in [3.63, 3.8) is 0 Å². The van der Waals surface area contributed by atoms with Crippen LogP contribution in [0.2, 0.25) is 0 Å². The highest BCUT2D eigenvalue weighted by Gasteiger charge is 2.36. The van der Waals surface area contributed by atoms with Crippen LogP contribution in [-0.2, 0) is 22.1 Å². The Hall–Kier alpha value is -2.51.